The number of hydrogen-bond acceptors (Lipinski definition) is 4. The Morgan fingerprint density at radius 2 is 2.47 bits per heavy atom. The van der Waals surface area contributed by atoms with Gasteiger partial charge in [-0.3, -0.25) is 9.89 Å². The molecule has 7 heteroatoms. The minimum absolute atomic E-state index is 0.119. The first kappa shape index (κ1) is 10.0. The maximum Gasteiger partial charge on any atom is 0.233 e. The molecule has 1 aliphatic rings. The second-order valence-corrected chi connectivity index (χ2v) is 4.00. The van der Waals surface area contributed by atoms with Gasteiger partial charge in [-0.25, -0.2) is 4.98 Å². The highest BCUT2D eigenvalue weighted by Gasteiger charge is 2.52. The van der Waals surface area contributed by atoms with Crippen molar-refractivity contribution in [3.63, 3.8) is 0 Å². The molecule has 1 aromatic heterocycles. The summed E-state index contributed by atoms with van der Waals surface area (Å²) < 4.78 is 0. The third-order valence-electron chi connectivity index (χ3n) is 2.54. The molecule has 0 radical (unpaired) electrons. The van der Waals surface area contributed by atoms with Crippen molar-refractivity contribution in [2.75, 3.05) is 0 Å². The van der Waals surface area contributed by atoms with Crippen LogP contribution in [0.4, 0.5) is 0 Å². The summed E-state index contributed by atoms with van der Waals surface area (Å²) in [7, 11) is 0. The zero-order chi connectivity index (χ0) is 10.9. The Labute approximate surface area is 91.6 Å². The van der Waals surface area contributed by atoms with Gasteiger partial charge >= 0.3 is 0 Å². The van der Waals surface area contributed by atoms with Crippen molar-refractivity contribution < 1.29 is 4.79 Å². The van der Waals surface area contributed by atoms with Crippen LogP contribution in [-0.2, 0) is 11.3 Å². The fourth-order valence-electron chi connectivity index (χ4n) is 1.36. The van der Waals surface area contributed by atoms with Crippen LogP contribution in [0.1, 0.15) is 18.7 Å². The van der Waals surface area contributed by atoms with Crippen LogP contribution in [0.25, 0.3) is 0 Å². The van der Waals surface area contributed by atoms with Gasteiger partial charge in [0, 0.05) is 0 Å². The van der Waals surface area contributed by atoms with Gasteiger partial charge < -0.3 is 11.1 Å². The first-order chi connectivity index (χ1) is 7.15. The molecule has 1 amide bonds. The Bertz CT molecular complexity index is 384. The van der Waals surface area contributed by atoms with E-state index in [1.807, 2.05) is 0 Å². The topological polar surface area (TPSA) is 96.7 Å². The molecule has 0 atom stereocenters. The van der Waals surface area contributed by atoms with Gasteiger partial charge in [-0.1, -0.05) is 12.2 Å². The van der Waals surface area contributed by atoms with E-state index in [0.29, 0.717) is 12.4 Å². The van der Waals surface area contributed by atoms with Crippen LogP contribution in [0.15, 0.2) is 6.33 Å². The van der Waals surface area contributed by atoms with Crippen molar-refractivity contribution in [2.24, 2.45) is 11.1 Å². The van der Waals surface area contributed by atoms with E-state index in [1.165, 1.54) is 6.33 Å². The van der Waals surface area contributed by atoms with Gasteiger partial charge in [-0.2, -0.15) is 5.10 Å². The maximum absolute atomic E-state index is 11.7. The molecule has 1 aromatic rings. The average molecular weight is 225 g/mol. The van der Waals surface area contributed by atoms with E-state index in [1.54, 1.807) is 0 Å². The Balaban J connectivity index is 1.91. The van der Waals surface area contributed by atoms with Crippen molar-refractivity contribution in [3.05, 3.63) is 12.2 Å². The summed E-state index contributed by atoms with van der Waals surface area (Å²) >= 11 is 4.87. The van der Waals surface area contributed by atoms with Gasteiger partial charge in [-0.05, 0) is 12.8 Å². The van der Waals surface area contributed by atoms with Gasteiger partial charge in [-0.15, -0.1) is 0 Å². The third kappa shape index (κ3) is 1.82. The van der Waals surface area contributed by atoms with Crippen LogP contribution in [0.3, 0.4) is 0 Å². The number of nitrogens with two attached hydrogens (primary N) is 1. The molecule has 0 bridgehead atoms. The lowest BCUT2D eigenvalue weighted by Crippen LogP contribution is -2.39. The number of carbonyl (C=O) groups is 1. The molecule has 0 spiro atoms. The molecular formula is C8H11N5OS. The van der Waals surface area contributed by atoms with Crippen molar-refractivity contribution in [1.29, 1.82) is 0 Å². The second-order valence-electron chi connectivity index (χ2n) is 3.56. The van der Waals surface area contributed by atoms with Crippen LogP contribution >= 0.6 is 12.2 Å². The normalized spacial score (nSPS) is 17.1. The SMILES string of the molecule is NC(=S)C1(C(=O)NCc2ncn[nH]2)CC1. The number of hydrogen-bond donors (Lipinski definition) is 3. The number of nitrogens with one attached hydrogen (secondary N) is 2. The highest BCUT2D eigenvalue weighted by Crippen LogP contribution is 2.46. The van der Waals surface area contributed by atoms with Gasteiger partial charge in [0.2, 0.25) is 5.91 Å². The summed E-state index contributed by atoms with van der Waals surface area (Å²) in [5.41, 5.74) is 4.92. The van der Waals surface area contributed by atoms with E-state index < -0.39 is 5.41 Å². The van der Waals surface area contributed by atoms with Crippen LogP contribution in [0.5, 0.6) is 0 Å². The number of aromatic nitrogens is 3. The summed E-state index contributed by atoms with van der Waals surface area (Å²) in [6.07, 6.45) is 2.87. The van der Waals surface area contributed by atoms with Crippen LogP contribution in [0, 0.1) is 5.41 Å². The largest absolute Gasteiger partial charge is 0.392 e. The predicted molar refractivity (Wildman–Crippen MR) is 56.7 cm³/mol. The number of rotatable bonds is 4. The van der Waals surface area contributed by atoms with Crippen LogP contribution < -0.4 is 11.1 Å². The van der Waals surface area contributed by atoms with Crippen molar-refractivity contribution in [2.45, 2.75) is 19.4 Å². The summed E-state index contributed by atoms with van der Waals surface area (Å²) in [5.74, 6) is 0.494. The molecule has 1 fully saturated rings. The van der Waals surface area contributed by atoms with E-state index in [-0.39, 0.29) is 10.9 Å². The summed E-state index contributed by atoms with van der Waals surface area (Å²) in [5, 5.41) is 9.06. The minimum Gasteiger partial charge on any atom is -0.392 e. The Morgan fingerprint density at radius 1 is 1.73 bits per heavy atom. The quantitative estimate of drug-likeness (QED) is 0.599. The lowest BCUT2D eigenvalue weighted by atomic mass is 10.1. The van der Waals surface area contributed by atoms with E-state index in [2.05, 4.69) is 20.5 Å². The molecule has 1 aliphatic carbocycles. The predicted octanol–water partition coefficient (Wildman–Crippen LogP) is -0.513. The summed E-state index contributed by atoms with van der Waals surface area (Å²) in [4.78, 5) is 15.9. The highest BCUT2D eigenvalue weighted by molar-refractivity contribution is 7.80. The number of aromatic amines is 1. The Kier molecular flexibility index (Phi) is 2.39. The van der Waals surface area contributed by atoms with Crippen LogP contribution in [-0.4, -0.2) is 26.1 Å². The number of nitrogens with zero attached hydrogens (tertiary/aromatic N) is 2. The van der Waals surface area contributed by atoms with E-state index >= 15 is 0 Å². The Morgan fingerprint density at radius 3 is 2.93 bits per heavy atom. The molecule has 2 rings (SSSR count). The molecule has 6 nitrogen and oxygen atoms in total. The number of carbonyl (C=O) groups excluding carboxylic acids is 1. The molecule has 15 heavy (non-hydrogen) atoms. The number of thiocarbonyl (C=S) groups is 1. The van der Waals surface area contributed by atoms with Gasteiger partial charge in [0.25, 0.3) is 0 Å². The monoisotopic (exact) mass is 225 g/mol. The number of amides is 1. The average Bonchev–Trinajstić information content (AvgIpc) is 2.87. The maximum atomic E-state index is 11.7. The third-order valence-corrected chi connectivity index (χ3v) is 2.93. The molecular weight excluding hydrogens is 214 g/mol. The fourth-order valence-corrected chi connectivity index (χ4v) is 1.66. The second kappa shape index (κ2) is 3.58. The summed E-state index contributed by atoms with van der Waals surface area (Å²) in [6, 6.07) is 0. The lowest BCUT2D eigenvalue weighted by Gasteiger charge is -2.12. The van der Waals surface area contributed by atoms with Gasteiger partial charge in [0.1, 0.15) is 12.2 Å². The van der Waals surface area contributed by atoms with Gasteiger partial charge in [0.15, 0.2) is 0 Å². The Hall–Kier alpha value is -1.50. The minimum atomic E-state index is -0.602. The molecule has 1 saturated carbocycles. The molecule has 0 saturated heterocycles. The summed E-state index contributed by atoms with van der Waals surface area (Å²) in [6.45, 7) is 0.323. The van der Waals surface area contributed by atoms with Crippen molar-refractivity contribution in [1.82, 2.24) is 20.5 Å². The van der Waals surface area contributed by atoms with E-state index in [0.717, 1.165) is 12.8 Å². The molecule has 4 N–H and O–H groups in total. The fraction of sp³-hybridized carbons (Fsp3) is 0.500. The van der Waals surface area contributed by atoms with Crippen molar-refractivity contribution in [3.8, 4) is 0 Å². The van der Waals surface area contributed by atoms with Gasteiger partial charge in [0.05, 0.1) is 16.9 Å². The van der Waals surface area contributed by atoms with Crippen LogP contribution in [0.2, 0.25) is 0 Å². The first-order valence-electron chi connectivity index (χ1n) is 4.57. The molecule has 0 unspecified atom stereocenters. The molecule has 0 aliphatic heterocycles. The molecule has 0 aromatic carbocycles. The lowest BCUT2D eigenvalue weighted by molar-refractivity contribution is -0.124. The number of H-pyrrole nitrogens is 1. The standard InChI is InChI=1S/C8H11N5OS/c9-6(15)8(1-2-8)7(14)10-3-5-11-4-12-13-5/h4H,1-3H2,(H2,9,15)(H,10,14)(H,11,12,13). The first-order valence-corrected chi connectivity index (χ1v) is 4.98. The zero-order valence-corrected chi connectivity index (χ0v) is 8.80. The molecule has 1 heterocycles. The smallest absolute Gasteiger partial charge is 0.233 e. The van der Waals surface area contributed by atoms with E-state index in [4.69, 9.17) is 18.0 Å². The highest BCUT2D eigenvalue weighted by atomic mass is 32.1. The van der Waals surface area contributed by atoms with Crippen molar-refractivity contribution >= 4 is 23.1 Å². The zero-order valence-electron chi connectivity index (χ0n) is 7.99. The molecule has 80 valence electrons. The van der Waals surface area contributed by atoms with E-state index in [9.17, 15) is 4.79 Å².